The van der Waals surface area contributed by atoms with Crippen LogP contribution in [0.4, 0.5) is 0 Å². The van der Waals surface area contributed by atoms with Gasteiger partial charge in [-0.3, -0.25) is 4.79 Å². The van der Waals surface area contributed by atoms with Crippen molar-refractivity contribution in [3.05, 3.63) is 47.5 Å². The Morgan fingerprint density at radius 1 is 1.26 bits per heavy atom. The molecule has 0 spiro atoms. The summed E-state index contributed by atoms with van der Waals surface area (Å²) in [7, 11) is 1.68. The van der Waals surface area contributed by atoms with Crippen LogP contribution in [0.2, 0.25) is 0 Å². The largest absolute Gasteiger partial charge is 0.497 e. The highest BCUT2D eigenvalue weighted by molar-refractivity contribution is 5.85. The normalized spacial score (nSPS) is 27.7. The van der Waals surface area contributed by atoms with Gasteiger partial charge in [0.1, 0.15) is 5.75 Å². The number of amides is 1. The van der Waals surface area contributed by atoms with Crippen molar-refractivity contribution in [2.45, 2.75) is 12.5 Å². The third kappa shape index (κ3) is 3.30. The van der Waals surface area contributed by atoms with Gasteiger partial charge < -0.3 is 19.9 Å². The van der Waals surface area contributed by atoms with Gasteiger partial charge >= 0.3 is 0 Å². The molecule has 3 aliphatic rings. The number of methoxy groups -OCH3 is 1. The smallest absolute Gasteiger partial charge is 0.226 e. The Kier molecular flexibility index (Phi) is 5.70. The maximum atomic E-state index is 13.0. The SMILES string of the molecule is COc1cccc(C2CN(C(=O)C3[C@H]4CNC[C@@H]34)Cc3[nH]cnc32)c1.Cl.Cl. The minimum absolute atomic E-state index is 0. The molecule has 2 unspecified atom stereocenters. The van der Waals surface area contributed by atoms with Crippen LogP contribution < -0.4 is 10.1 Å². The van der Waals surface area contributed by atoms with Gasteiger partial charge in [0.05, 0.1) is 31.4 Å². The van der Waals surface area contributed by atoms with Gasteiger partial charge in [0.2, 0.25) is 5.91 Å². The average Bonchev–Trinajstić information content (AvgIpc) is 3.02. The Morgan fingerprint density at radius 3 is 2.78 bits per heavy atom. The van der Waals surface area contributed by atoms with E-state index < -0.39 is 0 Å². The second-order valence-corrected chi connectivity index (χ2v) is 7.33. The molecule has 1 aromatic heterocycles. The summed E-state index contributed by atoms with van der Waals surface area (Å²) in [5.74, 6) is 2.55. The van der Waals surface area contributed by atoms with Gasteiger partial charge in [-0.05, 0) is 42.6 Å². The standard InChI is InChI=1S/C19H22N4O2.2ClH/c1-25-12-4-2-3-11(5-12)15-8-23(9-16-18(15)22-10-21-16)19(24)17-13-6-20-7-14(13)17;;/h2-5,10,13-15,17,20H,6-9H2,1H3,(H,21,22);2*1H/t13-,14+,15?,17?;;. The fraction of sp³-hybridized carbons (Fsp3) is 0.474. The minimum Gasteiger partial charge on any atom is -0.497 e. The van der Waals surface area contributed by atoms with Gasteiger partial charge in [-0.1, -0.05) is 12.1 Å². The molecule has 27 heavy (non-hydrogen) atoms. The number of ether oxygens (including phenoxy) is 1. The molecule has 1 amide bonds. The van der Waals surface area contributed by atoms with Crippen LogP contribution in [0.3, 0.4) is 0 Å². The second-order valence-electron chi connectivity index (χ2n) is 7.33. The summed E-state index contributed by atoms with van der Waals surface area (Å²) >= 11 is 0. The summed E-state index contributed by atoms with van der Waals surface area (Å²) in [5, 5.41) is 3.37. The van der Waals surface area contributed by atoms with Crippen molar-refractivity contribution in [2.75, 3.05) is 26.7 Å². The number of H-pyrrole nitrogens is 1. The first-order valence-electron chi connectivity index (χ1n) is 8.92. The monoisotopic (exact) mass is 410 g/mol. The molecule has 1 aromatic carbocycles. The quantitative estimate of drug-likeness (QED) is 0.813. The number of nitrogens with one attached hydrogen (secondary N) is 2. The van der Waals surface area contributed by atoms with Crippen molar-refractivity contribution in [3.63, 3.8) is 0 Å². The first-order chi connectivity index (χ1) is 12.3. The van der Waals surface area contributed by atoms with E-state index in [2.05, 4.69) is 21.4 Å². The molecule has 0 radical (unpaired) electrons. The zero-order valence-corrected chi connectivity index (χ0v) is 16.7. The minimum atomic E-state index is 0. The van der Waals surface area contributed by atoms with E-state index in [4.69, 9.17) is 4.74 Å². The molecule has 146 valence electrons. The van der Waals surface area contributed by atoms with E-state index in [0.29, 0.717) is 30.8 Å². The highest BCUT2D eigenvalue weighted by Gasteiger charge is 2.58. The number of nitrogens with zero attached hydrogens (tertiary/aromatic N) is 2. The summed E-state index contributed by atoms with van der Waals surface area (Å²) in [6.07, 6.45) is 1.74. The predicted molar refractivity (Wildman–Crippen MR) is 107 cm³/mol. The van der Waals surface area contributed by atoms with Crippen molar-refractivity contribution in [1.29, 1.82) is 0 Å². The van der Waals surface area contributed by atoms with E-state index in [-0.39, 0.29) is 36.6 Å². The van der Waals surface area contributed by atoms with E-state index >= 15 is 0 Å². The third-order valence-electron chi connectivity index (χ3n) is 6.02. The summed E-state index contributed by atoms with van der Waals surface area (Å²) < 4.78 is 5.37. The van der Waals surface area contributed by atoms with Crippen LogP contribution >= 0.6 is 24.8 Å². The summed E-state index contributed by atoms with van der Waals surface area (Å²) in [5.41, 5.74) is 3.24. The third-order valence-corrected chi connectivity index (χ3v) is 6.02. The van der Waals surface area contributed by atoms with Crippen LogP contribution in [0, 0.1) is 17.8 Å². The lowest BCUT2D eigenvalue weighted by Crippen LogP contribution is -2.41. The number of fused-ring (bicyclic) bond motifs is 2. The Balaban J connectivity index is 0.00000105. The molecule has 6 nitrogen and oxygen atoms in total. The lowest BCUT2D eigenvalue weighted by Gasteiger charge is -2.33. The molecule has 1 saturated heterocycles. The van der Waals surface area contributed by atoms with Crippen LogP contribution in [0.5, 0.6) is 5.75 Å². The van der Waals surface area contributed by atoms with Crippen molar-refractivity contribution < 1.29 is 9.53 Å². The molecule has 4 atom stereocenters. The van der Waals surface area contributed by atoms with E-state index in [9.17, 15) is 4.79 Å². The lowest BCUT2D eigenvalue weighted by molar-refractivity contribution is -0.134. The van der Waals surface area contributed by atoms with E-state index in [0.717, 1.165) is 35.8 Å². The molecule has 1 aliphatic carbocycles. The molecule has 3 heterocycles. The number of hydrogen-bond donors (Lipinski definition) is 2. The molecule has 2 aromatic rings. The molecule has 8 heteroatoms. The van der Waals surface area contributed by atoms with Crippen molar-refractivity contribution in [3.8, 4) is 5.75 Å². The molecule has 2 aliphatic heterocycles. The fourth-order valence-corrected chi connectivity index (χ4v) is 4.61. The van der Waals surface area contributed by atoms with E-state index in [1.165, 1.54) is 0 Å². The fourth-order valence-electron chi connectivity index (χ4n) is 4.61. The van der Waals surface area contributed by atoms with Crippen molar-refractivity contribution >= 4 is 30.7 Å². The Hall–Kier alpha value is -1.76. The Morgan fingerprint density at radius 2 is 2.04 bits per heavy atom. The van der Waals surface area contributed by atoms with Crippen LogP contribution in [-0.2, 0) is 11.3 Å². The maximum Gasteiger partial charge on any atom is 0.226 e. The van der Waals surface area contributed by atoms with Gasteiger partial charge in [0.15, 0.2) is 0 Å². The second kappa shape index (κ2) is 7.70. The predicted octanol–water partition coefficient (Wildman–Crippen LogP) is 2.20. The number of carbonyl (C=O) groups is 1. The number of benzene rings is 1. The van der Waals surface area contributed by atoms with Gasteiger partial charge in [-0.15, -0.1) is 24.8 Å². The number of aromatic amines is 1. The maximum absolute atomic E-state index is 13.0. The number of piperidine rings is 1. The van der Waals surface area contributed by atoms with Gasteiger partial charge in [0, 0.05) is 18.4 Å². The van der Waals surface area contributed by atoms with E-state index in [1.807, 2.05) is 23.1 Å². The number of imidazole rings is 1. The zero-order chi connectivity index (χ0) is 17.0. The number of carbonyl (C=O) groups excluding carboxylic acids is 1. The first-order valence-corrected chi connectivity index (χ1v) is 8.92. The number of rotatable bonds is 3. The molecule has 2 fully saturated rings. The van der Waals surface area contributed by atoms with Crippen LogP contribution in [0.25, 0.3) is 0 Å². The van der Waals surface area contributed by atoms with Crippen molar-refractivity contribution in [1.82, 2.24) is 20.2 Å². The molecule has 2 N–H and O–H groups in total. The molecule has 0 bridgehead atoms. The number of hydrogen-bond acceptors (Lipinski definition) is 4. The van der Waals surface area contributed by atoms with E-state index in [1.54, 1.807) is 13.4 Å². The Labute approximate surface area is 170 Å². The summed E-state index contributed by atoms with van der Waals surface area (Å²) in [6, 6.07) is 8.08. The van der Waals surface area contributed by atoms with Crippen LogP contribution in [-0.4, -0.2) is 47.5 Å². The zero-order valence-electron chi connectivity index (χ0n) is 15.1. The lowest BCUT2D eigenvalue weighted by atomic mass is 9.90. The van der Waals surface area contributed by atoms with Gasteiger partial charge in [0.25, 0.3) is 0 Å². The molecular formula is C19H24Cl2N4O2. The van der Waals surface area contributed by atoms with Crippen LogP contribution in [0.1, 0.15) is 22.9 Å². The van der Waals surface area contributed by atoms with Crippen molar-refractivity contribution in [2.24, 2.45) is 17.8 Å². The highest BCUT2D eigenvalue weighted by atomic mass is 35.5. The summed E-state index contributed by atoms with van der Waals surface area (Å²) in [6.45, 7) is 3.30. The number of halogens is 2. The molecule has 1 saturated carbocycles. The molecule has 5 rings (SSSR count). The van der Waals surface area contributed by atoms with Gasteiger partial charge in [-0.2, -0.15) is 0 Å². The van der Waals surface area contributed by atoms with Crippen LogP contribution in [0.15, 0.2) is 30.6 Å². The summed E-state index contributed by atoms with van der Waals surface area (Å²) in [4.78, 5) is 22.8. The first kappa shape index (κ1) is 20.0. The highest BCUT2D eigenvalue weighted by Crippen LogP contribution is 2.50. The average molecular weight is 411 g/mol. The number of aromatic nitrogens is 2. The Bertz CT molecular complexity index is 818. The topological polar surface area (TPSA) is 70.2 Å². The van der Waals surface area contributed by atoms with Gasteiger partial charge in [-0.25, -0.2) is 4.98 Å². The molecular weight excluding hydrogens is 387 g/mol.